The molecule has 0 saturated heterocycles. The maximum absolute atomic E-state index is 12.9. The maximum Gasteiger partial charge on any atom is 0.238 e. The molecule has 0 aromatic heterocycles. The summed E-state index contributed by atoms with van der Waals surface area (Å²) in [6, 6.07) is 15.9. The van der Waals surface area contributed by atoms with Crippen LogP contribution >= 0.6 is 0 Å². The van der Waals surface area contributed by atoms with Gasteiger partial charge in [0, 0.05) is 25.3 Å². The van der Waals surface area contributed by atoms with E-state index >= 15 is 0 Å². The summed E-state index contributed by atoms with van der Waals surface area (Å²) >= 11 is 0. The fraction of sp³-hybridized carbons (Fsp3) is 0.278. The number of amides is 1. The van der Waals surface area contributed by atoms with Gasteiger partial charge in [-0.05, 0) is 36.2 Å². The van der Waals surface area contributed by atoms with E-state index in [0.29, 0.717) is 18.8 Å². The summed E-state index contributed by atoms with van der Waals surface area (Å²) in [7, 11) is 0. The van der Waals surface area contributed by atoms with E-state index in [2.05, 4.69) is 17.4 Å². The average Bonchev–Trinajstić information content (AvgIpc) is 2.56. The quantitative estimate of drug-likeness (QED) is 0.785. The van der Waals surface area contributed by atoms with Gasteiger partial charge >= 0.3 is 0 Å². The highest BCUT2D eigenvalue weighted by Gasteiger charge is 2.10. The number of carbonyl (C=O) groups is 1. The zero-order chi connectivity index (χ0) is 16.5. The molecule has 23 heavy (non-hydrogen) atoms. The Hall–Kier alpha value is -2.24. The van der Waals surface area contributed by atoms with Gasteiger partial charge in [-0.2, -0.15) is 0 Å². The molecule has 3 N–H and O–H groups in total. The molecule has 0 saturated carbocycles. The number of halogens is 1. The molecule has 0 atom stereocenters. The minimum absolute atomic E-state index is 0.127. The Morgan fingerprint density at radius 2 is 1.74 bits per heavy atom. The third-order valence-corrected chi connectivity index (χ3v) is 3.50. The van der Waals surface area contributed by atoms with Gasteiger partial charge in [-0.3, -0.25) is 9.69 Å². The van der Waals surface area contributed by atoms with E-state index in [-0.39, 0.29) is 18.3 Å². The first-order valence-electron chi connectivity index (χ1n) is 7.69. The molecule has 2 aromatic rings. The van der Waals surface area contributed by atoms with Gasteiger partial charge in [-0.1, -0.05) is 30.3 Å². The van der Waals surface area contributed by atoms with Crippen LogP contribution in [0.3, 0.4) is 0 Å². The molecule has 0 aliphatic rings. The number of nitrogens with zero attached hydrogens (tertiary/aromatic N) is 1. The molecule has 1 amide bonds. The van der Waals surface area contributed by atoms with Gasteiger partial charge in [0.25, 0.3) is 0 Å². The lowest BCUT2D eigenvalue weighted by atomic mass is 10.1. The van der Waals surface area contributed by atoms with Crippen molar-refractivity contribution in [2.75, 3.05) is 31.5 Å². The largest absolute Gasteiger partial charge is 0.329 e. The van der Waals surface area contributed by atoms with Crippen molar-refractivity contribution >= 4 is 11.6 Å². The molecule has 2 aromatic carbocycles. The minimum atomic E-state index is -0.324. The number of rotatable bonds is 8. The molecule has 0 aliphatic heterocycles. The second kappa shape index (κ2) is 9.02. The third-order valence-electron chi connectivity index (χ3n) is 3.50. The van der Waals surface area contributed by atoms with Crippen LogP contribution < -0.4 is 11.1 Å². The van der Waals surface area contributed by atoms with Gasteiger partial charge in [-0.25, -0.2) is 4.39 Å². The normalized spacial score (nSPS) is 10.7. The number of anilines is 1. The summed E-state index contributed by atoms with van der Waals surface area (Å²) in [5.74, 6) is -0.450. The van der Waals surface area contributed by atoms with Gasteiger partial charge in [-0.15, -0.1) is 0 Å². The highest BCUT2D eigenvalue weighted by Crippen LogP contribution is 2.08. The van der Waals surface area contributed by atoms with Crippen molar-refractivity contribution in [3.8, 4) is 0 Å². The van der Waals surface area contributed by atoms with E-state index in [1.165, 1.54) is 17.7 Å². The zero-order valence-corrected chi connectivity index (χ0v) is 13.0. The third kappa shape index (κ3) is 6.18. The van der Waals surface area contributed by atoms with E-state index in [0.717, 1.165) is 13.0 Å². The first-order chi connectivity index (χ1) is 11.2. The number of benzene rings is 2. The molecule has 0 radical (unpaired) electrons. The molecule has 0 spiro atoms. The summed E-state index contributed by atoms with van der Waals surface area (Å²) in [6.45, 7) is 2.18. The van der Waals surface area contributed by atoms with Gasteiger partial charge in [0.1, 0.15) is 5.82 Å². The van der Waals surface area contributed by atoms with Crippen molar-refractivity contribution in [3.05, 3.63) is 66.0 Å². The number of carbonyl (C=O) groups excluding carboxylic acids is 1. The van der Waals surface area contributed by atoms with E-state index in [9.17, 15) is 9.18 Å². The average molecular weight is 315 g/mol. The minimum Gasteiger partial charge on any atom is -0.329 e. The van der Waals surface area contributed by atoms with Crippen molar-refractivity contribution in [1.29, 1.82) is 0 Å². The number of nitrogens with one attached hydrogen (secondary N) is 1. The lowest BCUT2D eigenvalue weighted by Gasteiger charge is -2.21. The molecular formula is C18H22FN3O. The predicted molar refractivity (Wildman–Crippen MR) is 90.7 cm³/mol. The van der Waals surface area contributed by atoms with Crippen LogP contribution in [0.25, 0.3) is 0 Å². The van der Waals surface area contributed by atoms with E-state index in [1.807, 2.05) is 23.1 Å². The second-order valence-corrected chi connectivity index (χ2v) is 5.36. The Bertz CT molecular complexity index is 601. The molecule has 5 heteroatoms. The van der Waals surface area contributed by atoms with Crippen molar-refractivity contribution in [3.63, 3.8) is 0 Å². The summed E-state index contributed by atoms with van der Waals surface area (Å²) < 4.78 is 12.9. The lowest BCUT2D eigenvalue weighted by molar-refractivity contribution is -0.117. The van der Waals surface area contributed by atoms with Crippen LogP contribution in [-0.4, -0.2) is 37.0 Å². The summed E-state index contributed by atoms with van der Waals surface area (Å²) in [5, 5.41) is 2.77. The Morgan fingerprint density at radius 1 is 1.04 bits per heavy atom. The predicted octanol–water partition coefficient (Wildman–Crippen LogP) is 2.27. The number of hydrogen-bond acceptors (Lipinski definition) is 3. The van der Waals surface area contributed by atoms with Crippen molar-refractivity contribution in [2.24, 2.45) is 5.73 Å². The SMILES string of the molecule is NCCN(CCc1ccccc1)CC(=O)Nc1ccc(F)cc1. The highest BCUT2D eigenvalue weighted by atomic mass is 19.1. The van der Waals surface area contributed by atoms with E-state index in [1.54, 1.807) is 12.1 Å². The van der Waals surface area contributed by atoms with Crippen LogP contribution in [0.5, 0.6) is 0 Å². The van der Waals surface area contributed by atoms with Gasteiger partial charge in [0.2, 0.25) is 5.91 Å². The number of hydrogen-bond donors (Lipinski definition) is 2. The fourth-order valence-electron chi connectivity index (χ4n) is 2.32. The van der Waals surface area contributed by atoms with Crippen LogP contribution in [-0.2, 0) is 11.2 Å². The Balaban J connectivity index is 1.85. The molecule has 122 valence electrons. The Morgan fingerprint density at radius 3 is 2.39 bits per heavy atom. The van der Waals surface area contributed by atoms with Crippen LogP contribution in [0.1, 0.15) is 5.56 Å². The summed E-state index contributed by atoms with van der Waals surface area (Å²) in [5.41, 5.74) is 7.45. The smallest absolute Gasteiger partial charge is 0.238 e. The lowest BCUT2D eigenvalue weighted by Crippen LogP contribution is -2.37. The molecule has 0 bridgehead atoms. The molecule has 0 aliphatic carbocycles. The van der Waals surface area contributed by atoms with E-state index < -0.39 is 0 Å². The van der Waals surface area contributed by atoms with Gasteiger partial charge in [0.05, 0.1) is 6.54 Å². The Kier molecular flexibility index (Phi) is 6.72. The van der Waals surface area contributed by atoms with Crippen molar-refractivity contribution in [2.45, 2.75) is 6.42 Å². The molecule has 4 nitrogen and oxygen atoms in total. The monoisotopic (exact) mass is 315 g/mol. The highest BCUT2D eigenvalue weighted by molar-refractivity contribution is 5.92. The van der Waals surface area contributed by atoms with Crippen molar-refractivity contribution in [1.82, 2.24) is 4.90 Å². The molecular weight excluding hydrogens is 293 g/mol. The zero-order valence-electron chi connectivity index (χ0n) is 13.0. The van der Waals surface area contributed by atoms with Crippen LogP contribution in [0, 0.1) is 5.82 Å². The van der Waals surface area contributed by atoms with Crippen molar-refractivity contribution < 1.29 is 9.18 Å². The molecule has 2 rings (SSSR count). The molecule has 0 unspecified atom stereocenters. The first-order valence-corrected chi connectivity index (χ1v) is 7.69. The Labute approximate surface area is 136 Å². The fourth-order valence-corrected chi connectivity index (χ4v) is 2.32. The van der Waals surface area contributed by atoms with Crippen LogP contribution in [0.4, 0.5) is 10.1 Å². The maximum atomic E-state index is 12.9. The standard InChI is InChI=1S/C18H22FN3O/c19-16-6-8-17(9-7-16)21-18(23)14-22(13-11-20)12-10-15-4-2-1-3-5-15/h1-9H,10-14,20H2,(H,21,23). The topological polar surface area (TPSA) is 58.4 Å². The van der Waals surface area contributed by atoms with Crippen LogP contribution in [0.15, 0.2) is 54.6 Å². The number of nitrogens with two attached hydrogens (primary N) is 1. The summed E-state index contributed by atoms with van der Waals surface area (Å²) in [4.78, 5) is 14.1. The van der Waals surface area contributed by atoms with Gasteiger partial charge in [0.15, 0.2) is 0 Å². The first kappa shape index (κ1) is 17.1. The van der Waals surface area contributed by atoms with E-state index in [4.69, 9.17) is 5.73 Å². The molecule has 0 fully saturated rings. The second-order valence-electron chi connectivity index (χ2n) is 5.36. The summed E-state index contributed by atoms with van der Waals surface area (Å²) in [6.07, 6.45) is 0.866. The van der Waals surface area contributed by atoms with Crippen LogP contribution in [0.2, 0.25) is 0 Å². The molecule has 0 heterocycles. The van der Waals surface area contributed by atoms with Gasteiger partial charge < -0.3 is 11.1 Å².